The van der Waals surface area contributed by atoms with Gasteiger partial charge in [0.1, 0.15) is 0 Å². The van der Waals surface area contributed by atoms with Crippen molar-refractivity contribution in [2.45, 2.75) is 74.1 Å². The molecule has 0 aliphatic heterocycles. The number of halogens is 2. The van der Waals surface area contributed by atoms with Crippen molar-refractivity contribution < 1.29 is 62.2 Å². The number of hydrogen-bond acceptors (Lipinski definition) is 0. The monoisotopic (exact) mass is 1110 g/mol. The van der Waals surface area contributed by atoms with Crippen LogP contribution in [0.25, 0.3) is 0 Å². The minimum Gasteiger partial charge on any atom is -0.344 e. The molecule has 0 aliphatic rings. The van der Waals surface area contributed by atoms with E-state index in [1.54, 1.807) is 0 Å². The molecule has 3 radical (unpaired) electrons. The second-order valence-electron chi connectivity index (χ2n) is 5.26. The third-order valence-corrected chi connectivity index (χ3v) is 15.9. The zero-order chi connectivity index (χ0) is 19.4. The first kappa shape index (κ1) is 48.8. The van der Waals surface area contributed by atoms with E-state index in [1.807, 2.05) is 13.8 Å². The Bertz CT molecular complexity index is 214. The molecule has 0 fully saturated rings. The molecule has 0 bridgehead atoms. The van der Waals surface area contributed by atoms with Gasteiger partial charge in [0, 0.05) is 62.2 Å². The Morgan fingerprint density at radius 3 is 1.35 bits per heavy atom. The first-order valence-corrected chi connectivity index (χ1v) is 20.6. The average molecular weight is 1110 g/mol. The summed E-state index contributed by atoms with van der Waals surface area (Å²) in [5.41, 5.74) is 0.230. The van der Waals surface area contributed by atoms with Gasteiger partial charge in [0.2, 0.25) is 0 Å². The summed E-state index contributed by atoms with van der Waals surface area (Å²) in [6.45, 7) is 19.8. The summed E-state index contributed by atoms with van der Waals surface area (Å²) in [4.78, 5) is 0. The summed E-state index contributed by atoms with van der Waals surface area (Å²) in [6, 6.07) is 0. The van der Waals surface area contributed by atoms with Gasteiger partial charge in [0.05, 0.1) is 0 Å². The van der Waals surface area contributed by atoms with Gasteiger partial charge >= 0.3 is 81.4 Å². The second-order valence-corrected chi connectivity index (χ2v) is 29.8. The van der Waals surface area contributed by atoms with Crippen molar-refractivity contribution in [3.05, 3.63) is 13.8 Å². The SMILES string of the molecule is C.CCCP(I)[B]P.[B]P(P)(I)(CCC)CCC.[CH2-]CC.[CH2-]CC.[U].[U]. The predicted octanol–water partition coefficient (Wildman–Crippen LogP) is 9.32. The van der Waals surface area contributed by atoms with Gasteiger partial charge in [-0.15, -0.1) is 0 Å². The van der Waals surface area contributed by atoms with Gasteiger partial charge in [-0.1, -0.05) is 62.1 Å². The topological polar surface area (TPSA) is 0 Å². The van der Waals surface area contributed by atoms with Crippen LogP contribution in [0.15, 0.2) is 0 Å². The molecule has 10 heteroatoms. The van der Waals surface area contributed by atoms with E-state index >= 15 is 0 Å². The van der Waals surface area contributed by atoms with E-state index in [-0.39, 0.29) is 75.1 Å². The van der Waals surface area contributed by atoms with Crippen LogP contribution in [-0.4, -0.2) is 32.8 Å². The molecule has 0 aromatic carbocycles. The van der Waals surface area contributed by atoms with Gasteiger partial charge in [-0.2, -0.15) is 22.0 Å². The molecule has 0 heterocycles. The van der Waals surface area contributed by atoms with Crippen molar-refractivity contribution in [2.24, 2.45) is 0 Å². The van der Waals surface area contributed by atoms with Crippen molar-refractivity contribution in [3.8, 4) is 0 Å². The van der Waals surface area contributed by atoms with Gasteiger partial charge < -0.3 is 13.8 Å². The normalized spacial score (nSPS) is 11.3. The van der Waals surface area contributed by atoms with Crippen molar-refractivity contribution in [2.75, 3.05) is 18.5 Å². The van der Waals surface area contributed by atoms with E-state index in [1.165, 1.54) is 37.7 Å². The molecule has 0 saturated heterocycles. The largest absolute Gasteiger partial charge is 0.344 e. The minimum absolute atomic E-state index is 0. The zero-order valence-corrected chi connectivity index (χ0v) is 33.8. The van der Waals surface area contributed by atoms with Crippen LogP contribution in [0, 0.1) is 76.1 Å². The fourth-order valence-electron chi connectivity index (χ4n) is 1.40. The molecule has 3 atom stereocenters. The molecule has 26 heavy (non-hydrogen) atoms. The van der Waals surface area contributed by atoms with Gasteiger partial charge in [-0.3, -0.25) is 0 Å². The summed E-state index contributed by atoms with van der Waals surface area (Å²) < 4.78 is -1.77. The van der Waals surface area contributed by atoms with Crippen LogP contribution < -0.4 is 0 Å². The fourth-order valence-corrected chi connectivity index (χ4v) is 10.5. The van der Waals surface area contributed by atoms with Crippen molar-refractivity contribution in [1.29, 1.82) is 0 Å². The van der Waals surface area contributed by atoms with Crippen molar-refractivity contribution >= 4 is 85.7 Å². The Balaban J connectivity index is -0.0000000400. The molecule has 0 aromatic heterocycles. The second kappa shape index (κ2) is 35.0. The van der Waals surface area contributed by atoms with Crippen LogP contribution in [0.4, 0.5) is 0 Å². The predicted molar refractivity (Wildman–Crippen MR) is 156 cm³/mol. The zero-order valence-electron chi connectivity index (χ0n) is 17.0. The van der Waals surface area contributed by atoms with Gasteiger partial charge in [0.15, 0.2) is 6.72 Å². The molecule has 0 N–H and O–H groups in total. The van der Waals surface area contributed by atoms with Gasteiger partial charge in [-0.05, 0) is 6.16 Å². The maximum atomic E-state index is 6.26. The molecule has 0 nitrogen and oxygen atoms in total. The minimum atomic E-state index is -1.77. The molecular formula is C16H43B2I2P4U2-2. The van der Waals surface area contributed by atoms with E-state index < -0.39 is 3.81 Å². The molecule has 0 rings (SSSR count). The summed E-state index contributed by atoms with van der Waals surface area (Å²) in [5, 5.41) is 0. The Morgan fingerprint density at radius 1 is 0.962 bits per heavy atom. The number of hydrogen-bond donors (Lipinski definition) is 0. The van der Waals surface area contributed by atoms with Crippen LogP contribution in [0.3, 0.4) is 0 Å². The molecule has 0 spiro atoms. The van der Waals surface area contributed by atoms with Crippen LogP contribution >= 0.6 is 71.4 Å². The Hall–Kier alpha value is 5.41. The van der Waals surface area contributed by atoms with Crippen LogP contribution in [-0.2, 0) is 0 Å². The van der Waals surface area contributed by atoms with E-state index in [4.69, 9.17) is 7.57 Å². The summed E-state index contributed by atoms with van der Waals surface area (Å²) in [7, 11) is 11.8. The van der Waals surface area contributed by atoms with Crippen LogP contribution in [0.1, 0.15) is 74.1 Å². The standard InChI is InChI=1S/C6H16BIP2.C3H9BIP2.2C3H7.CH4.2U/c1-3-5-10(7,8,9)6-4-2;1-2-3-7(5)4-6;2*1-3-2;;;/h3-6,9H2,1-2H3;2-3,6H2,1H3;2*1,3H2,2H3;1H4;;/q;;2*-1;;;. The maximum Gasteiger partial charge on any atom is 0 e. The average Bonchev–Trinajstić information content (AvgIpc) is 2.40. The molecular weight excluding hydrogens is 1070 g/mol. The fraction of sp³-hybridized carbons (Fsp3) is 0.875. The van der Waals surface area contributed by atoms with E-state index in [2.05, 4.69) is 103 Å². The molecule has 0 aliphatic carbocycles. The summed E-state index contributed by atoms with van der Waals surface area (Å²) in [5.74, 6) is 0. The van der Waals surface area contributed by atoms with Crippen LogP contribution in [0.2, 0.25) is 0 Å². The van der Waals surface area contributed by atoms with Gasteiger partial charge in [0.25, 0.3) is 0 Å². The summed E-state index contributed by atoms with van der Waals surface area (Å²) >= 11 is 4.98. The molecule has 0 saturated carbocycles. The first-order valence-electron chi connectivity index (χ1n) is 8.43. The quantitative estimate of drug-likeness (QED) is 0.103. The molecule has 0 aromatic rings. The van der Waals surface area contributed by atoms with Gasteiger partial charge in [-0.25, -0.2) is 0 Å². The maximum absolute atomic E-state index is 6.26. The van der Waals surface area contributed by atoms with E-state index in [9.17, 15) is 0 Å². The van der Waals surface area contributed by atoms with E-state index in [0.717, 1.165) is 12.8 Å². The van der Waals surface area contributed by atoms with E-state index in [0.29, 0.717) is 0 Å². The van der Waals surface area contributed by atoms with Crippen LogP contribution in [0.5, 0.6) is 0 Å². The molecule has 0 amide bonds. The van der Waals surface area contributed by atoms with Crippen molar-refractivity contribution in [3.63, 3.8) is 0 Å². The van der Waals surface area contributed by atoms with Crippen molar-refractivity contribution in [1.82, 2.24) is 0 Å². The Kier molecular flexibility index (Phi) is 65.7. The first-order chi connectivity index (χ1) is 10.5. The Morgan fingerprint density at radius 2 is 1.23 bits per heavy atom. The number of rotatable bonds is 7. The third-order valence-electron chi connectivity index (χ3n) is 2.05. The Labute approximate surface area is 250 Å². The molecule has 3 unspecified atom stereocenters. The summed E-state index contributed by atoms with van der Waals surface area (Å²) in [6.07, 6.45) is 9.51. The molecule has 157 valence electrons. The smallest absolute Gasteiger partial charge is 0 e. The third kappa shape index (κ3) is 57.0.